The Morgan fingerprint density at radius 3 is 2.50 bits per heavy atom. The molecule has 2 aromatic rings. The van der Waals surface area contributed by atoms with Crippen LogP contribution in [0.3, 0.4) is 0 Å². The van der Waals surface area contributed by atoms with E-state index in [2.05, 4.69) is 15.5 Å². The minimum absolute atomic E-state index is 0.164. The van der Waals surface area contributed by atoms with Crippen molar-refractivity contribution in [1.29, 1.82) is 0 Å². The molecule has 1 aliphatic heterocycles. The number of halogens is 2. The molecule has 1 atom stereocenters. The second-order valence-electron chi connectivity index (χ2n) is 7.17. The third-order valence-corrected chi connectivity index (χ3v) is 5.54. The fraction of sp³-hybridized carbons (Fsp3) is 0.304. The van der Waals surface area contributed by atoms with E-state index in [1.165, 1.54) is 12.1 Å². The Morgan fingerprint density at radius 2 is 1.87 bits per heavy atom. The normalized spacial score (nSPS) is 15.3. The van der Waals surface area contributed by atoms with Crippen molar-refractivity contribution in [3.8, 4) is 0 Å². The lowest BCUT2D eigenvalue weighted by Gasteiger charge is -2.29. The minimum atomic E-state index is -0.361. The van der Waals surface area contributed by atoms with Crippen molar-refractivity contribution in [3.63, 3.8) is 0 Å². The molecule has 0 spiro atoms. The number of likely N-dealkylation sites (tertiary alicyclic amines) is 1. The quantitative estimate of drug-likeness (QED) is 0.658. The number of nitrogens with zero attached hydrogens (tertiary/aromatic N) is 1. The minimum Gasteiger partial charge on any atom is -0.355 e. The van der Waals surface area contributed by atoms with Crippen molar-refractivity contribution < 1.29 is 14.0 Å². The Kier molecular flexibility index (Phi) is 7.60. The predicted octanol–water partition coefficient (Wildman–Crippen LogP) is 3.81. The number of nitrogens with one attached hydrogen (secondary N) is 2. The van der Waals surface area contributed by atoms with Crippen LogP contribution in [0.25, 0.3) is 6.08 Å². The van der Waals surface area contributed by atoms with Gasteiger partial charge in [0, 0.05) is 35.8 Å². The number of carbonyl (C=O) groups is 2. The zero-order valence-electron chi connectivity index (χ0n) is 16.8. The molecule has 2 amide bonds. The van der Waals surface area contributed by atoms with Crippen molar-refractivity contribution in [1.82, 2.24) is 15.5 Å². The second kappa shape index (κ2) is 10.4. The number of carbonyl (C=O) groups excluding carboxylic acids is 2. The van der Waals surface area contributed by atoms with Gasteiger partial charge in [0.25, 0.3) is 5.91 Å². The van der Waals surface area contributed by atoms with Gasteiger partial charge in [0.1, 0.15) is 5.82 Å². The molecule has 30 heavy (non-hydrogen) atoms. The van der Waals surface area contributed by atoms with Crippen molar-refractivity contribution in [2.45, 2.75) is 18.9 Å². The van der Waals surface area contributed by atoms with Crippen LogP contribution in [0.5, 0.6) is 0 Å². The van der Waals surface area contributed by atoms with Gasteiger partial charge in [-0.25, -0.2) is 4.39 Å². The zero-order valence-corrected chi connectivity index (χ0v) is 17.6. The molecular formula is C23H25ClFN3O2. The first-order valence-electron chi connectivity index (χ1n) is 9.95. The van der Waals surface area contributed by atoms with Crippen LogP contribution in [0, 0.1) is 5.82 Å². The van der Waals surface area contributed by atoms with Crippen LogP contribution in [-0.4, -0.2) is 43.4 Å². The molecule has 2 N–H and O–H groups in total. The summed E-state index contributed by atoms with van der Waals surface area (Å²) in [6.45, 7) is 1.96. The van der Waals surface area contributed by atoms with E-state index >= 15 is 0 Å². The lowest BCUT2D eigenvalue weighted by atomic mass is 10.0. The lowest BCUT2D eigenvalue weighted by molar-refractivity contribution is -0.116. The molecule has 3 rings (SSSR count). The van der Waals surface area contributed by atoms with Crippen molar-refractivity contribution in [3.05, 3.63) is 76.1 Å². The average Bonchev–Trinajstić information content (AvgIpc) is 3.28. The standard InChI is InChI=1S/C23H25ClFN3O2/c1-26-23(30)17-10-7-16(8-11-17)9-12-21(29)27-15-20(28-13-2-3-14-28)22-18(24)5-4-6-19(22)25/h4-12,20H,2-3,13-15H2,1H3,(H,26,30)(H,27,29)/b12-9+. The lowest BCUT2D eigenvalue weighted by Crippen LogP contribution is -2.36. The topological polar surface area (TPSA) is 61.4 Å². The van der Waals surface area contributed by atoms with E-state index in [1.807, 2.05) is 0 Å². The third-order valence-electron chi connectivity index (χ3n) is 5.21. The van der Waals surface area contributed by atoms with E-state index in [1.54, 1.807) is 49.5 Å². The van der Waals surface area contributed by atoms with E-state index in [9.17, 15) is 14.0 Å². The third kappa shape index (κ3) is 5.46. The van der Waals surface area contributed by atoms with Gasteiger partial charge >= 0.3 is 0 Å². The van der Waals surface area contributed by atoms with Crippen molar-refractivity contribution >= 4 is 29.5 Å². The van der Waals surface area contributed by atoms with Gasteiger partial charge in [-0.2, -0.15) is 0 Å². The van der Waals surface area contributed by atoms with E-state index in [-0.39, 0.29) is 30.2 Å². The van der Waals surface area contributed by atoms with Gasteiger partial charge in [0.05, 0.1) is 6.04 Å². The Labute approximate surface area is 180 Å². The molecule has 1 unspecified atom stereocenters. The molecule has 0 radical (unpaired) electrons. The zero-order chi connectivity index (χ0) is 21.5. The highest BCUT2D eigenvalue weighted by Gasteiger charge is 2.27. The van der Waals surface area contributed by atoms with Gasteiger partial charge in [-0.3, -0.25) is 14.5 Å². The fourth-order valence-electron chi connectivity index (χ4n) is 3.61. The van der Waals surface area contributed by atoms with Crippen LogP contribution in [-0.2, 0) is 4.79 Å². The highest BCUT2D eigenvalue weighted by Crippen LogP contribution is 2.31. The summed E-state index contributed by atoms with van der Waals surface area (Å²) >= 11 is 6.28. The summed E-state index contributed by atoms with van der Waals surface area (Å²) in [6, 6.07) is 11.3. The largest absolute Gasteiger partial charge is 0.355 e. The molecule has 0 bridgehead atoms. The van der Waals surface area contributed by atoms with Crippen LogP contribution in [0.4, 0.5) is 4.39 Å². The van der Waals surface area contributed by atoms with Crippen LogP contribution < -0.4 is 10.6 Å². The molecule has 0 saturated carbocycles. The average molecular weight is 430 g/mol. The summed E-state index contributed by atoms with van der Waals surface area (Å²) < 4.78 is 14.5. The van der Waals surface area contributed by atoms with Crippen LogP contribution in [0.1, 0.15) is 40.4 Å². The molecule has 1 heterocycles. The number of hydrogen-bond donors (Lipinski definition) is 2. The molecule has 1 aliphatic rings. The second-order valence-corrected chi connectivity index (χ2v) is 7.58. The van der Waals surface area contributed by atoms with Gasteiger partial charge in [0.15, 0.2) is 0 Å². The maximum Gasteiger partial charge on any atom is 0.251 e. The number of rotatable bonds is 7. The van der Waals surface area contributed by atoms with E-state index in [4.69, 9.17) is 11.6 Å². The SMILES string of the molecule is CNC(=O)c1ccc(/C=C/C(=O)NCC(c2c(F)cccc2Cl)N2CCCC2)cc1. The van der Waals surface area contributed by atoms with Gasteiger partial charge in [0.2, 0.25) is 5.91 Å². The molecule has 0 aromatic heterocycles. The highest BCUT2D eigenvalue weighted by atomic mass is 35.5. The van der Waals surface area contributed by atoms with Crippen molar-refractivity contribution in [2.24, 2.45) is 0 Å². The van der Waals surface area contributed by atoms with E-state index in [0.717, 1.165) is 31.5 Å². The fourth-order valence-corrected chi connectivity index (χ4v) is 3.90. The molecule has 2 aromatic carbocycles. The summed E-state index contributed by atoms with van der Waals surface area (Å²) in [5.74, 6) is -0.800. The maximum absolute atomic E-state index is 14.5. The first kappa shape index (κ1) is 22.0. The van der Waals surface area contributed by atoms with Gasteiger partial charge < -0.3 is 10.6 Å². The maximum atomic E-state index is 14.5. The first-order chi connectivity index (χ1) is 14.5. The van der Waals surface area contributed by atoms with Gasteiger partial charge in [-0.15, -0.1) is 0 Å². The Balaban J connectivity index is 1.66. The number of benzene rings is 2. The Hall–Kier alpha value is -2.70. The van der Waals surface area contributed by atoms with Gasteiger partial charge in [-0.1, -0.05) is 29.8 Å². The summed E-state index contributed by atoms with van der Waals surface area (Å²) in [7, 11) is 1.57. The molecule has 5 nitrogen and oxygen atoms in total. The predicted molar refractivity (Wildman–Crippen MR) is 117 cm³/mol. The molecule has 0 aliphatic carbocycles. The Bertz CT molecular complexity index is 904. The van der Waals surface area contributed by atoms with Crippen LogP contribution in [0.15, 0.2) is 48.5 Å². The molecule has 158 valence electrons. The first-order valence-corrected chi connectivity index (χ1v) is 10.3. The smallest absolute Gasteiger partial charge is 0.251 e. The summed E-state index contributed by atoms with van der Waals surface area (Å²) in [4.78, 5) is 26.1. The monoisotopic (exact) mass is 429 g/mol. The molecular weight excluding hydrogens is 405 g/mol. The molecule has 1 fully saturated rings. The van der Waals surface area contributed by atoms with Gasteiger partial charge in [-0.05, 0) is 61.8 Å². The number of hydrogen-bond acceptors (Lipinski definition) is 3. The molecule has 1 saturated heterocycles. The van der Waals surface area contributed by atoms with Crippen molar-refractivity contribution in [2.75, 3.05) is 26.7 Å². The van der Waals surface area contributed by atoms with E-state index in [0.29, 0.717) is 16.1 Å². The van der Waals surface area contributed by atoms with Crippen LogP contribution in [0.2, 0.25) is 5.02 Å². The van der Waals surface area contributed by atoms with Crippen LogP contribution >= 0.6 is 11.6 Å². The summed E-state index contributed by atoms with van der Waals surface area (Å²) in [5, 5.41) is 5.79. The highest BCUT2D eigenvalue weighted by molar-refractivity contribution is 6.31. The van der Waals surface area contributed by atoms with E-state index < -0.39 is 0 Å². The Morgan fingerprint density at radius 1 is 1.17 bits per heavy atom. The summed E-state index contributed by atoms with van der Waals surface area (Å²) in [5.41, 5.74) is 1.77. The molecule has 7 heteroatoms. The summed E-state index contributed by atoms with van der Waals surface area (Å²) in [6.07, 6.45) is 5.19. The number of amides is 2.